The number of aryl methyl sites for hydroxylation is 2. The summed E-state index contributed by atoms with van der Waals surface area (Å²) in [5.74, 6) is 0.0743. The van der Waals surface area contributed by atoms with Crippen molar-refractivity contribution in [3.05, 3.63) is 47.4 Å². The molecule has 0 saturated carbocycles. The topological polar surface area (TPSA) is 95.6 Å². The van der Waals surface area contributed by atoms with Crippen LogP contribution in [0, 0.1) is 13.8 Å². The van der Waals surface area contributed by atoms with Gasteiger partial charge in [-0.15, -0.1) is 0 Å². The van der Waals surface area contributed by atoms with E-state index in [9.17, 15) is 4.79 Å². The van der Waals surface area contributed by atoms with Crippen molar-refractivity contribution in [2.24, 2.45) is 0 Å². The molecule has 21 heavy (non-hydrogen) atoms. The molecule has 1 aromatic carbocycles. The molecule has 0 bridgehead atoms. The molecule has 0 saturated heterocycles. The second kappa shape index (κ2) is 5.20. The number of para-hydroxylation sites is 1. The molecule has 3 rings (SSSR count). The first-order valence-electron chi connectivity index (χ1n) is 6.44. The fraction of sp³-hybridized carbons (Fsp3) is 0.143. The minimum absolute atomic E-state index is 0.285. The van der Waals surface area contributed by atoms with Gasteiger partial charge in [-0.3, -0.25) is 20.7 Å². The Bertz CT molecular complexity index is 790. The number of amides is 1. The minimum atomic E-state index is -0.285. The molecule has 1 amide bonds. The Balaban J connectivity index is 1.79. The maximum absolute atomic E-state index is 12.2. The summed E-state index contributed by atoms with van der Waals surface area (Å²) in [6.45, 7) is 3.74. The summed E-state index contributed by atoms with van der Waals surface area (Å²) in [5.41, 5.74) is 8.17. The van der Waals surface area contributed by atoms with Crippen molar-refractivity contribution in [2.45, 2.75) is 13.8 Å². The van der Waals surface area contributed by atoms with Crippen molar-refractivity contribution in [3.8, 4) is 0 Å². The van der Waals surface area contributed by atoms with Gasteiger partial charge in [-0.25, -0.2) is 9.97 Å². The molecule has 0 spiro atoms. The first kappa shape index (κ1) is 13.0. The number of hydrogen-bond donors (Lipinski definition) is 3. The Morgan fingerprint density at radius 2 is 1.95 bits per heavy atom. The third-order valence-corrected chi connectivity index (χ3v) is 2.99. The Labute approximate surface area is 120 Å². The highest BCUT2D eigenvalue weighted by molar-refractivity contribution is 6.05. The van der Waals surface area contributed by atoms with Crippen LogP contribution in [0.5, 0.6) is 0 Å². The van der Waals surface area contributed by atoms with Crippen molar-refractivity contribution < 1.29 is 4.79 Å². The number of anilines is 1. The molecule has 3 N–H and O–H groups in total. The number of carbonyl (C=O) groups excluding carboxylic acids is 1. The van der Waals surface area contributed by atoms with Gasteiger partial charge in [0.15, 0.2) is 0 Å². The third-order valence-electron chi connectivity index (χ3n) is 2.99. The molecule has 0 atom stereocenters. The van der Waals surface area contributed by atoms with Crippen molar-refractivity contribution in [3.63, 3.8) is 0 Å². The maximum Gasteiger partial charge on any atom is 0.271 e. The van der Waals surface area contributed by atoms with Crippen LogP contribution < -0.4 is 10.9 Å². The molecule has 0 fully saturated rings. The van der Waals surface area contributed by atoms with Crippen LogP contribution in [0.15, 0.2) is 30.5 Å². The number of hydrazine groups is 1. The quantitative estimate of drug-likeness (QED) is 0.636. The van der Waals surface area contributed by atoms with Crippen molar-refractivity contribution >= 4 is 22.8 Å². The monoisotopic (exact) mass is 282 g/mol. The van der Waals surface area contributed by atoms with E-state index in [-0.39, 0.29) is 5.91 Å². The van der Waals surface area contributed by atoms with Gasteiger partial charge in [-0.1, -0.05) is 12.1 Å². The molecule has 0 aliphatic rings. The predicted octanol–water partition coefficient (Wildman–Crippen LogP) is 1.73. The number of nitrogens with one attached hydrogen (secondary N) is 3. The number of aromatic amines is 1. The fourth-order valence-electron chi connectivity index (χ4n) is 2.12. The van der Waals surface area contributed by atoms with Crippen LogP contribution in [0.25, 0.3) is 10.9 Å². The zero-order valence-electron chi connectivity index (χ0n) is 11.6. The van der Waals surface area contributed by atoms with Gasteiger partial charge >= 0.3 is 0 Å². The van der Waals surface area contributed by atoms with Gasteiger partial charge in [0.2, 0.25) is 5.95 Å². The van der Waals surface area contributed by atoms with Gasteiger partial charge in [0.05, 0.1) is 17.3 Å². The Hall–Kier alpha value is -2.96. The van der Waals surface area contributed by atoms with Gasteiger partial charge in [-0.2, -0.15) is 5.10 Å². The SMILES string of the molecule is Cc1cc(C)nc(NNC(=O)c2cccc3cn[nH]c23)n1. The smallest absolute Gasteiger partial charge is 0.271 e. The fourth-order valence-corrected chi connectivity index (χ4v) is 2.12. The van der Waals surface area contributed by atoms with Crippen LogP contribution in [0.4, 0.5) is 5.95 Å². The lowest BCUT2D eigenvalue weighted by Crippen LogP contribution is -2.30. The molecule has 7 heteroatoms. The van der Waals surface area contributed by atoms with Crippen LogP contribution in [0.2, 0.25) is 0 Å². The largest absolute Gasteiger partial charge is 0.277 e. The highest BCUT2D eigenvalue weighted by Crippen LogP contribution is 2.15. The summed E-state index contributed by atoms with van der Waals surface area (Å²) in [4.78, 5) is 20.6. The van der Waals surface area contributed by atoms with E-state index in [4.69, 9.17) is 0 Å². The Morgan fingerprint density at radius 3 is 2.71 bits per heavy atom. The van der Waals surface area contributed by atoms with E-state index in [0.717, 1.165) is 16.8 Å². The van der Waals surface area contributed by atoms with Gasteiger partial charge < -0.3 is 0 Å². The number of aromatic nitrogens is 4. The molecular formula is C14H14N6O. The number of hydrogen-bond acceptors (Lipinski definition) is 5. The van der Waals surface area contributed by atoms with Crippen LogP contribution in [-0.2, 0) is 0 Å². The molecule has 106 valence electrons. The molecule has 3 aromatic rings. The Kier molecular flexibility index (Phi) is 3.23. The average molecular weight is 282 g/mol. The van der Waals surface area contributed by atoms with Crippen LogP contribution in [0.3, 0.4) is 0 Å². The highest BCUT2D eigenvalue weighted by Gasteiger charge is 2.11. The summed E-state index contributed by atoms with van der Waals surface area (Å²) < 4.78 is 0. The second-order valence-electron chi connectivity index (χ2n) is 4.69. The third kappa shape index (κ3) is 2.66. The summed E-state index contributed by atoms with van der Waals surface area (Å²) >= 11 is 0. The molecular weight excluding hydrogens is 268 g/mol. The lowest BCUT2D eigenvalue weighted by atomic mass is 10.1. The second-order valence-corrected chi connectivity index (χ2v) is 4.69. The van der Waals surface area contributed by atoms with Gasteiger partial charge in [0.1, 0.15) is 0 Å². The van der Waals surface area contributed by atoms with Crippen LogP contribution >= 0.6 is 0 Å². The lowest BCUT2D eigenvalue weighted by molar-refractivity contribution is 0.0963. The first-order valence-corrected chi connectivity index (χ1v) is 6.44. The van der Waals surface area contributed by atoms with Crippen LogP contribution in [-0.4, -0.2) is 26.1 Å². The molecule has 2 heterocycles. The molecule has 0 unspecified atom stereocenters. The van der Waals surface area contributed by atoms with E-state index < -0.39 is 0 Å². The number of benzene rings is 1. The zero-order valence-corrected chi connectivity index (χ0v) is 11.6. The van der Waals surface area contributed by atoms with Gasteiger partial charge in [-0.05, 0) is 26.0 Å². The summed E-state index contributed by atoms with van der Waals surface area (Å²) in [7, 11) is 0. The number of H-pyrrole nitrogens is 1. The van der Waals surface area contributed by atoms with Crippen molar-refractivity contribution in [2.75, 3.05) is 5.43 Å². The molecule has 0 aliphatic heterocycles. The molecule has 2 aromatic heterocycles. The summed E-state index contributed by atoms with van der Waals surface area (Å²) in [6, 6.07) is 7.27. The molecule has 0 radical (unpaired) electrons. The van der Waals surface area contributed by atoms with E-state index in [2.05, 4.69) is 31.0 Å². The van der Waals surface area contributed by atoms with Crippen molar-refractivity contribution in [1.82, 2.24) is 25.6 Å². The van der Waals surface area contributed by atoms with E-state index in [1.54, 1.807) is 18.3 Å². The van der Waals surface area contributed by atoms with E-state index in [1.807, 2.05) is 26.0 Å². The number of nitrogens with zero attached hydrogens (tertiary/aromatic N) is 3. The summed E-state index contributed by atoms with van der Waals surface area (Å²) in [6.07, 6.45) is 1.67. The molecule has 7 nitrogen and oxygen atoms in total. The van der Waals surface area contributed by atoms with E-state index in [0.29, 0.717) is 17.0 Å². The number of rotatable bonds is 3. The first-order chi connectivity index (χ1) is 10.1. The lowest BCUT2D eigenvalue weighted by Gasteiger charge is -2.08. The zero-order chi connectivity index (χ0) is 14.8. The van der Waals surface area contributed by atoms with E-state index in [1.165, 1.54) is 0 Å². The number of fused-ring (bicyclic) bond motifs is 1. The minimum Gasteiger partial charge on any atom is -0.277 e. The van der Waals surface area contributed by atoms with Crippen molar-refractivity contribution in [1.29, 1.82) is 0 Å². The van der Waals surface area contributed by atoms with Gasteiger partial charge in [0.25, 0.3) is 5.91 Å². The highest BCUT2D eigenvalue weighted by atomic mass is 16.2. The normalized spacial score (nSPS) is 10.6. The summed E-state index contributed by atoms with van der Waals surface area (Å²) in [5, 5.41) is 7.63. The van der Waals surface area contributed by atoms with E-state index >= 15 is 0 Å². The average Bonchev–Trinajstić information content (AvgIpc) is 2.92. The van der Waals surface area contributed by atoms with Gasteiger partial charge in [0, 0.05) is 16.8 Å². The molecule has 0 aliphatic carbocycles. The van der Waals surface area contributed by atoms with Crippen LogP contribution in [0.1, 0.15) is 21.7 Å². The standard InChI is InChI=1S/C14H14N6O/c1-8-6-9(2)17-14(16-8)20-19-13(21)11-5-3-4-10-7-15-18-12(10)11/h3-7H,1-2H3,(H,15,18)(H,19,21)(H,16,17,20). The maximum atomic E-state index is 12.2. The number of carbonyl (C=O) groups is 1. The predicted molar refractivity (Wildman–Crippen MR) is 78.7 cm³/mol. The Morgan fingerprint density at radius 1 is 1.19 bits per heavy atom.